The lowest BCUT2D eigenvalue weighted by Gasteiger charge is -2.38. The maximum absolute atomic E-state index is 13.0. The molecule has 1 aromatic rings. The lowest BCUT2D eigenvalue weighted by Crippen LogP contribution is -2.39. The predicted molar refractivity (Wildman–Crippen MR) is 80.8 cm³/mol. The van der Waals surface area contributed by atoms with Crippen LogP contribution in [0.2, 0.25) is 10.0 Å². The summed E-state index contributed by atoms with van der Waals surface area (Å²) >= 11 is 12.2. The van der Waals surface area contributed by atoms with Crippen LogP contribution in [0.4, 0.5) is 0 Å². The van der Waals surface area contributed by atoms with E-state index in [1.165, 1.54) is 12.8 Å². The van der Waals surface area contributed by atoms with Crippen LogP contribution in [0.25, 0.3) is 0 Å². The Morgan fingerprint density at radius 1 is 1.25 bits per heavy atom. The average molecular weight is 313 g/mol. The molecule has 0 radical (unpaired) electrons. The van der Waals surface area contributed by atoms with Crippen molar-refractivity contribution in [3.8, 4) is 5.75 Å². The Morgan fingerprint density at radius 2 is 1.90 bits per heavy atom. The van der Waals surface area contributed by atoms with Crippen molar-refractivity contribution in [1.82, 2.24) is 0 Å². The number of phenols is 1. The molecule has 0 heterocycles. The molecule has 0 aromatic heterocycles. The molecule has 3 rings (SSSR count). The molecular weight excluding hydrogens is 295 g/mol. The molecule has 2 nitrogen and oxygen atoms in total. The minimum absolute atomic E-state index is 0.0345. The van der Waals surface area contributed by atoms with Gasteiger partial charge in [0, 0.05) is 11.0 Å². The number of hydrogen-bond donors (Lipinski definition) is 1. The minimum Gasteiger partial charge on any atom is -0.506 e. The highest BCUT2D eigenvalue weighted by molar-refractivity contribution is 6.45. The van der Waals surface area contributed by atoms with Gasteiger partial charge in [0.15, 0.2) is 5.78 Å². The number of ketones is 1. The van der Waals surface area contributed by atoms with E-state index >= 15 is 0 Å². The molecule has 2 aliphatic carbocycles. The van der Waals surface area contributed by atoms with Crippen LogP contribution < -0.4 is 0 Å². The molecule has 0 aliphatic heterocycles. The largest absolute Gasteiger partial charge is 0.506 e. The number of fused-ring (bicyclic) bond motifs is 1. The number of rotatable bonds is 1. The predicted octanol–water partition coefficient (Wildman–Crippen LogP) is 5.02. The summed E-state index contributed by atoms with van der Waals surface area (Å²) in [6.07, 6.45) is 6.29. The fourth-order valence-corrected chi connectivity index (χ4v) is 4.31. The molecule has 20 heavy (non-hydrogen) atoms. The summed E-state index contributed by atoms with van der Waals surface area (Å²) in [4.78, 5) is 13.0. The fraction of sp³-hybridized carbons (Fsp3) is 0.562. The normalized spacial score (nSPS) is 26.9. The lowest BCUT2D eigenvalue weighted by molar-refractivity contribution is 0.0664. The first-order chi connectivity index (χ1) is 9.45. The standard InChI is InChI=1S/C16H18Cl2O2/c1-16(10-4-2-3-5-10)7-6-9-8-11(19)13(17)14(18)12(9)15(16)20/h8,10,19H,2-7H2,1H3. The van der Waals surface area contributed by atoms with Crippen LogP contribution in [0, 0.1) is 11.3 Å². The molecule has 4 heteroatoms. The number of Topliss-reactive ketones (excluding diaryl/α,β-unsaturated/α-hetero) is 1. The van der Waals surface area contributed by atoms with Gasteiger partial charge < -0.3 is 5.11 Å². The molecule has 0 bridgehead atoms. The van der Waals surface area contributed by atoms with Crippen molar-refractivity contribution in [3.63, 3.8) is 0 Å². The molecule has 0 amide bonds. The van der Waals surface area contributed by atoms with Crippen LogP contribution >= 0.6 is 23.2 Å². The minimum atomic E-state index is -0.326. The number of benzene rings is 1. The third kappa shape index (κ3) is 1.96. The number of phenolic OH excluding ortho intramolecular Hbond substituents is 1. The first-order valence-electron chi connectivity index (χ1n) is 7.20. The number of carbonyl (C=O) groups excluding carboxylic acids is 1. The maximum atomic E-state index is 13.0. The highest BCUT2D eigenvalue weighted by Gasteiger charge is 2.46. The van der Waals surface area contributed by atoms with Gasteiger partial charge in [0.05, 0.1) is 5.02 Å². The van der Waals surface area contributed by atoms with Gasteiger partial charge in [-0.05, 0) is 43.2 Å². The topological polar surface area (TPSA) is 37.3 Å². The second-order valence-electron chi connectivity index (χ2n) is 6.29. The monoisotopic (exact) mass is 312 g/mol. The van der Waals surface area contributed by atoms with Gasteiger partial charge in [-0.25, -0.2) is 0 Å². The van der Waals surface area contributed by atoms with Gasteiger partial charge in [-0.3, -0.25) is 4.79 Å². The molecule has 0 saturated heterocycles. The Bertz CT molecular complexity index is 576. The molecule has 108 valence electrons. The van der Waals surface area contributed by atoms with E-state index in [0.717, 1.165) is 31.2 Å². The molecule has 0 spiro atoms. The van der Waals surface area contributed by atoms with Gasteiger partial charge in [0.25, 0.3) is 0 Å². The van der Waals surface area contributed by atoms with Crippen molar-refractivity contribution in [2.45, 2.75) is 45.4 Å². The van der Waals surface area contributed by atoms with Gasteiger partial charge in [0.2, 0.25) is 0 Å². The molecule has 1 atom stereocenters. The highest BCUT2D eigenvalue weighted by atomic mass is 35.5. The summed E-state index contributed by atoms with van der Waals surface area (Å²) in [5.41, 5.74) is 1.04. The second-order valence-corrected chi connectivity index (χ2v) is 7.04. The third-order valence-corrected chi connectivity index (χ3v) is 6.04. The number of aromatic hydroxyl groups is 1. The number of hydrogen-bond acceptors (Lipinski definition) is 2. The average Bonchev–Trinajstić information content (AvgIpc) is 2.95. The summed E-state index contributed by atoms with van der Waals surface area (Å²) in [7, 11) is 0. The summed E-state index contributed by atoms with van der Waals surface area (Å²) < 4.78 is 0. The van der Waals surface area contributed by atoms with E-state index in [-0.39, 0.29) is 27.0 Å². The van der Waals surface area contributed by atoms with E-state index in [1.807, 2.05) is 0 Å². The van der Waals surface area contributed by atoms with E-state index in [4.69, 9.17) is 23.2 Å². The van der Waals surface area contributed by atoms with Crippen molar-refractivity contribution in [1.29, 1.82) is 0 Å². The summed E-state index contributed by atoms with van der Waals surface area (Å²) in [5.74, 6) is 0.525. The Morgan fingerprint density at radius 3 is 2.55 bits per heavy atom. The highest BCUT2D eigenvalue weighted by Crippen LogP contribution is 2.50. The van der Waals surface area contributed by atoms with E-state index in [0.29, 0.717) is 11.5 Å². The van der Waals surface area contributed by atoms with Crippen LogP contribution in [0.15, 0.2) is 6.07 Å². The van der Waals surface area contributed by atoms with Crippen molar-refractivity contribution >= 4 is 29.0 Å². The molecular formula is C16H18Cl2O2. The SMILES string of the molecule is CC1(C2CCCC2)CCc2cc(O)c(Cl)c(Cl)c2C1=O. The third-order valence-electron chi connectivity index (χ3n) is 5.18. The van der Waals surface area contributed by atoms with Crippen LogP contribution in [0.1, 0.15) is 54.9 Å². The zero-order chi connectivity index (χ0) is 14.5. The Labute approximate surface area is 129 Å². The lowest BCUT2D eigenvalue weighted by atomic mass is 9.64. The van der Waals surface area contributed by atoms with Gasteiger partial charge in [-0.1, -0.05) is 43.0 Å². The molecule has 2 aliphatic rings. The van der Waals surface area contributed by atoms with Crippen molar-refractivity contribution in [2.75, 3.05) is 0 Å². The van der Waals surface area contributed by atoms with Gasteiger partial charge in [-0.15, -0.1) is 0 Å². The van der Waals surface area contributed by atoms with E-state index < -0.39 is 0 Å². The van der Waals surface area contributed by atoms with Crippen molar-refractivity contribution in [3.05, 3.63) is 27.2 Å². The number of halogens is 2. The summed E-state index contributed by atoms with van der Waals surface area (Å²) in [6, 6.07) is 1.59. The molecule has 1 N–H and O–H groups in total. The molecule has 1 fully saturated rings. The van der Waals surface area contributed by atoms with Gasteiger partial charge in [0.1, 0.15) is 10.8 Å². The zero-order valence-electron chi connectivity index (χ0n) is 11.5. The van der Waals surface area contributed by atoms with Gasteiger partial charge >= 0.3 is 0 Å². The van der Waals surface area contributed by atoms with E-state index in [9.17, 15) is 9.90 Å². The molecule has 1 saturated carbocycles. The zero-order valence-corrected chi connectivity index (χ0v) is 13.0. The number of carbonyl (C=O) groups is 1. The van der Waals surface area contributed by atoms with Crippen LogP contribution in [0.3, 0.4) is 0 Å². The Kier molecular flexibility index (Phi) is 3.50. The second kappa shape index (κ2) is 4.92. The molecule has 1 aromatic carbocycles. The first-order valence-corrected chi connectivity index (χ1v) is 7.95. The maximum Gasteiger partial charge on any atom is 0.170 e. The first kappa shape index (κ1) is 14.2. The smallest absolute Gasteiger partial charge is 0.170 e. The van der Waals surface area contributed by atoms with Crippen molar-refractivity contribution < 1.29 is 9.90 Å². The van der Waals surface area contributed by atoms with Gasteiger partial charge in [-0.2, -0.15) is 0 Å². The molecule has 1 unspecified atom stereocenters. The summed E-state index contributed by atoms with van der Waals surface area (Å²) in [5, 5.41) is 10.1. The quantitative estimate of drug-likeness (QED) is 0.790. The van der Waals surface area contributed by atoms with E-state index in [2.05, 4.69) is 6.92 Å². The van der Waals surface area contributed by atoms with Crippen molar-refractivity contribution in [2.24, 2.45) is 11.3 Å². The van der Waals surface area contributed by atoms with Crippen LogP contribution in [-0.4, -0.2) is 10.9 Å². The van der Waals surface area contributed by atoms with E-state index in [1.54, 1.807) is 6.07 Å². The van der Waals surface area contributed by atoms with Crippen LogP contribution in [-0.2, 0) is 6.42 Å². The summed E-state index contributed by atoms with van der Waals surface area (Å²) in [6.45, 7) is 2.07. The fourth-order valence-electron chi connectivity index (χ4n) is 3.85. The Balaban J connectivity index is 2.08. The number of aryl methyl sites for hydroxylation is 1. The van der Waals surface area contributed by atoms with Crippen LogP contribution in [0.5, 0.6) is 5.75 Å². The Hall–Kier alpha value is -0.730.